The molecule has 8 heteroatoms. The first kappa shape index (κ1) is 24.6. The van der Waals surface area contributed by atoms with Gasteiger partial charge in [0.1, 0.15) is 0 Å². The highest BCUT2D eigenvalue weighted by Gasteiger charge is 2.45. The molecule has 2 aromatic rings. The number of aryl methyl sites for hydroxylation is 2. The molecule has 1 heterocycles. The zero-order valence-corrected chi connectivity index (χ0v) is 20.1. The molecule has 0 aromatic heterocycles. The van der Waals surface area contributed by atoms with Crippen LogP contribution in [0.2, 0.25) is 0 Å². The van der Waals surface area contributed by atoms with Crippen LogP contribution in [0, 0.1) is 0 Å². The van der Waals surface area contributed by atoms with Crippen molar-refractivity contribution in [1.82, 2.24) is 16.1 Å². The van der Waals surface area contributed by atoms with E-state index >= 15 is 0 Å². The Labute approximate surface area is 205 Å². The highest BCUT2D eigenvalue weighted by atomic mass is 16.2. The lowest BCUT2D eigenvalue weighted by Crippen LogP contribution is -2.38. The van der Waals surface area contributed by atoms with Gasteiger partial charge in [0.15, 0.2) is 0 Å². The number of hydrogen-bond donors (Lipinski definition) is 4. The number of carbonyl (C=O) groups is 3. The molecule has 0 unspecified atom stereocenters. The maximum absolute atomic E-state index is 12.3. The SMILES string of the molecule is C[C@@H](N)CCCC1(C2=NNC(=O)C2)c2ccc(CNC=O)cc2CCc2cc(CNC=O)ccc21. The molecule has 0 saturated heterocycles. The van der Waals surface area contributed by atoms with E-state index in [0.717, 1.165) is 60.1 Å². The number of benzene rings is 2. The van der Waals surface area contributed by atoms with Gasteiger partial charge in [0.2, 0.25) is 18.7 Å². The number of amides is 3. The van der Waals surface area contributed by atoms with Gasteiger partial charge in [-0.1, -0.05) is 42.8 Å². The molecule has 0 bridgehead atoms. The number of nitrogens with two attached hydrogens (primary N) is 1. The van der Waals surface area contributed by atoms with Crippen LogP contribution in [0.1, 0.15) is 66.0 Å². The minimum atomic E-state index is -0.567. The number of hydrogen-bond acceptors (Lipinski definition) is 5. The molecule has 0 fully saturated rings. The van der Waals surface area contributed by atoms with Crippen molar-refractivity contribution >= 4 is 24.4 Å². The smallest absolute Gasteiger partial charge is 0.245 e. The average Bonchev–Trinajstić information content (AvgIpc) is 3.24. The first-order valence-corrected chi connectivity index (χ1v) is 12.2. The minimum Gasteiger partial charge on any atom is -0.355 e. The highest BCUT2D eigenvalue weighted by molar-refractivity contribution is 6.12. The van der Waals surface area contributed by atoms with Crippen LogP contribution in [0.3, 0.4) is 0 Å². The highest BCUT2D eigenvalue weighted by Crippen LogP contribution is 2.46. The van der Waals surface area contributed by atoms with E-state index in [1.807, 2.05) is 19.1 Å². The molecular formula is C27H33N5O3. The molecule has 1 aliphatic carbocycles. The Kier molecular flexibility index (Phi) is 7.60. The molecule has 8 nitrogen and oxygen atoms in total. The molecule has 5 N–H and O–H groups in total. The van der Waals surface area contributed by atoms with Crippen molar-refractivity contribution in [3.05, 3.63) is 69.8 Å². The fourth-order valence-corrected chi connectivity index (χ4v) is 5.51. The molecule has 4 rings (SSSR count). The van der Waals surface area contributed by atoms with Gasteiger partial charge in [-0.25, -0.2) is 5.43 Å². The van der Waals surface area contributed by atoms with Gasteiger partial charge in [-0.3, -0.25) is 14.4 Å². The van der Waals surface area contributed by atoms with Gasteiger partial charge in [0.25, 0.3) is 0 Å². The van der Waals surface area contributed by atoms with Crippen LogP contribution in [0.4, 0.5) is 0 Å². The molecule has 0 spiro atoms. The Bertz CT molecular complexity index is 1080. The molecule has 1 atom stereocenters. The lowest BCUT2D eigenvalue weighted by Gasteiger charge is -2.37. The maximum Gasteiger partial charge on any atom is 0.245 e. The Morgan fingerprint density at radius 3 is 2.06 bits per heavy atom. The Morgan fingerprint density at radius 2 is 1.60 bits per heavy atom. The van der Waals surface area contributed by atoms with Crippen LogP contribution >= 0.6 is 0 Å². The molecule has 2 aromatic carbocycles. The Balaban J connectivity index is 1.89. The van der Waals surface area contributed by atoms with E-state index in [9.17, 15) is 14.4 Å². The zero-order chi connectivity index (χ0) is 24.8. The van der Waals surface area contributed by atoms with Crippen LogP contribution in [-0.2, 0) is 45.7 Å². The van der Waals surface area contributed by atoms with Crippen LogP contribution in [0.25, 0.3) is 0 Å². The summed E-state index contributed by atoms with van der Waals surface area (Å²) in [5, 5.41) is 10.1. The lowest BCUT2D eigenvalue weighted by molar-refractivity contribution is -0.119. The molecule has 2 aliphatic rings. The third-order valence-electron chi connectivity index (χ3n) is 7.05. The van der Waals surface area contributed by atoms with Gasteiger partial charge >= 0.3 is 0 Å². The number of rotatable bonds is 11. The first-order valence-electron chi connectivity index (χ1n) is 12.2. The average molecular weight is 476 g/mol. The molecule has 0 radical (unpaired) electrons. The van der Waals surface area contributed by atoms with Gasteiger partial charge in [0.05, 0.1) is 17.5 Å². The summed E-state index contributed by atoms with van der Waals surface area (Å²) in [5.41, 5.74) is 15.8. The largest absolute Gasteiger partial charge is 0.355 e. The number of hydrazone groups is 1. The van der Waals surface area contributed by atoms with Crippen molar-refractivity contribution in [1.29, 1.82) is 0 Å². The molecule has 1 aliphatic heterocycles. The van der Waals surface area contributed by atoms with Gasteiger partial charge in [-0.05, 0) is 66.0 Å². The molecule has 3 amide bonds. The Hall–Kier alpha value is -3.52. The summed E-state index contributed by atoms with van der Waals surface area (Å²) in [4.78, 5) is 34.1. The third-order valence-corrected chi connectivity index (χ3v) is 7.05. The number of carbonyl (C=O) groups excluding carboxylic acids is 3. The quantitative estimate of drug-likeness (QED) is 0.371. The summed E-state index contributed by atoms with van der Waals surface area (Å²) in [6.45, 7) is 2.94. The van der Waals surface area contributed by atoms with Gasteiger partial charge in [-0.2, -0.15) is 5.10 Å². The van der Waals surface area contributed by atoms with Gasteiger partial charge in [0, 0.05) is 19.1 Å². The molecular weight excluding hydrogens is 442 g/mol. The summed E-state index contributed by atoms with van der Waals surface area (Å²) >= 11 is 0. The predicted molar refractivity (Wildman–Crippen MR) is 135 cm³/mol. The summed E-state index contributed by atoms with van der Waals surface area (Å²) in [6, 6.07) is 12.8. The molecule has 184 valence electrons. The second-order valence-corrected chi connectivity index (χ2v) is 9.53. The van der Waals surface area contributed by atoms with Crippen molar-refractivity contribution in [3.63, 3.8) is 0 Å². The lowest BCUT2D eigenvalue weighted by atomic mass is 9.65. The predicted octanol–water partition coefficient (Wildman–Crippen LogP) is 1.96. The van der Waals surface area contributed by atoms with E-state index in [2.05, 4.69) is 45.4 Å². The van der Waals surface area contributed by atoms with E-state index < -0.39 is 5.41 Å². The van der Waals surface area contributed by atoms with Crippen molar-refractivity contribution in [2.75, 3.05) is 0 Å². The standard InChI is InChI=1S/C27H33N5O3/c1-18(28)3-2-10-27(25-13-26(35)32-31-25)23-8-4-19(14-29-16-33)11-21(23)6-7-22-12-20(15-30-17-34)5-9-24(22)27/h4-5,8-9,11-12,16-18H,2-3,6-7,10,13-15,28H2,1H3,(H,29,33)(H,30,34)(H,32,35)/t18-/m1/s1. The molecule has 35 heavy (non-hydrogen) atoms. The van der Waals surface area contributed by atoms with E-state index in [0.29, 0.717) is 25.9 Å². The monoisotopic (exact) mass is 475 g/mol. The second-order valence-electron chi connectivity index (χ2n) is 9.53. The topological polar surface area (TPSA) is 126 Å². The van der Waals surface area contributed by atoms with Crippen molar-refractivity contribution in [2.24, 2.45) is 10.8 Å². The van der Waals surface area contributed by atoms with Crippen LogP contribution in [0.5, 0.6) is 0 Å². The van der Waals surface area contributed by atoms with Crippen LogP contribution in [0.15, 0.2) is 41.5 Å². The fourth-order valence-electron chi connectivity index (χ4n) is 5.51. The summed E-state index contributed by atoms with van der Waals surface area (Å²) in [5.74, 6) is -0.0995. The Morgan fingerprint density at radius 1 is 1.03 bits per heavy atom. The summed E-state index contributed by atoms with van der Waals surface area (Å²) in [7, 11) is 0. The number of nitrogens with one attached hydrogen (secondary N) is 3. The van der Waals surface area contributed by atoms with Crippen molar-refractivity contribution in [3.8, 4) is 0 Å². The van der Waals surface area contributed by atoms with E-state index in [4.69, 9.17) is 5.73 Å². The van der Waals surface area contributed by atoms with Gasteiger partial charge in [-0.15, -0.1) is 0 Å². The third kappa shape index (κ3) is 5.12. The summed E-state index contributed by atoms with van der Waals surface area (Å²) in [6.07, 6.45) is 5.84. The van der Waals surface area contributed by atoms with Crippen LogP contribution < -0.4 is 21.8 Å². The zero-order valence-electron chi connectivity index (χ0n) is 20.1. The van der Waals surface area contributed by atoms with Crippen LogP contribution in [-0.4, -0.2) is 30.5 Å². The van der Waals surface area contributed by atoms with E-state index in [1.165, 1.54) is 11.1 Å². The maximum atomic E-state index is 12.3. The van der Waals surface area contributed by atoms with E-state index in [1.54, 1.807) is 0 Å². The molecule has 0 saturated carbocycles. The summed E-state index contributed by atoms with van der Waals surface area (Å²) < 4.78 is 0. The van der Waals surface area contributed by atoms with Gasteiger partial charge < -0.3 is 16.4 Å². The van der Waals surface area contributed by atoms with Crippen molar-refractivity contribution < 1.29 is 14.4 Å². The second kappa shape index (κ2) is 10.8. The number of fused-ring (bicyclic) bond motifs is 2. The van der Waals surface area contributed by atoms with E-state index in [-0.39, 0.29) is 18.4 Å². The first-order chi connectivity index (χ1) is 17.0. The minimum absolute atomic E-state index is 0.0793. The normalized spacial score (nSPS) is 16.7. The number of nitrogens with zero attached hydrogens (tertiary/aromatic N) is 1. The fraction of sp³-hybridized carbons (Fsp3) is 0.407. The van der Waals surface area contributed by atoms with Crippen molar-refractivity contribution in [2.45, 2.75) is 70.0 Å².